The van der Waals surface area contributed by atoms with Gasteiger partial charge in [0.1, 0.15) is 5.82 Å². The Morgan fingerprint density at radius 3 is 2.52 bits per heavy atom. The van der Waals surface area contributed by atoms with Crippen LogP contribution < -0.4 is 11.1 Å². The van der Waals surface area contributed by atoms with E-state index in [0.29, 0.717) is 11.0 Å². The highest BCUT2D eigenvalue weighted by Crippen LogP contribution is 2.38. The molecule has 3 fully saturated rings. The summed E-state index contributed by atoms with van der Waals surface area (Å²) in [5.41, 5.74) is 10.2. The number of ether oxygens (including phenoxy) is 1. The maximum absolute atomic E-state index is 12.9. The van der Waals surface area contributed by atoms with E-state index in [2.05, 4.69) is 46.4 Å². The van der Waals surface area contributed by atoms with Crippen LogP contribution in [0.2, 0.25) is 0 Å². The van der Waals surface area contributed by atoms with Crippen molar-refractivity contribution in [2.45, 2.75) is 45.2 Å². The number of aromatic nitrogens is 1. The van der Waals surface area contributed by atoms with Crippen LogP contribution in [0.5, 0.6) is 0 Å². The third-order valence-electron chi connectivity index (χ3n) is 7.14. The van der Waals surface area contributed by atoms with Crippen molar-refractivity contribution >= 4 is 11.7 Å². The minimum absolute atomic E-state index is 0.116. The Labute approximate surface area is 184 Å². The maximum atomic E-state index is 12.9. The Kier molecular flexibility index (Phi) is 5.44. The summed E-state index contributed by atoms with van der Waals surface area (Å²) in [6, 6.07) is 10.6. The lowest BCUT2D eigenvalue weighted by Gasteiger charge is -2.55. The Balaban J connectivity index is 1.23. The first-order chi connectivity index (χ1) is 15.0. The number of rotatable bonds is 5. The van der Waals surface area contributed by atoms with Gasteiger partial charge in [0.05, 0.1) is 18.8 Å². The summed E-state index contributed by atoms with van der Waals surface area (Å²) in [6.45, 7) is 7.35. The van der Waals surface area contributed by atoms with Gasteiger partial charge in [-0.3, -0.25) is 9.69 Å². The molecule has 2 aliphatic heterocycles. The van der Waals surface area contributed by atoms with Gasteiger partial charge in [-0.1, -0.05) is 31.2 Å². The summed E-state index contributed by atoms with van der Waals surface area (Å²) in [5.74, 6) is 0.920. The van der Waals surface area contributed by atoms with Crippen molar-refractivity contribution < 1.29 is 9.53 Å². The van der Waals surface area contributed by atoms with Crippen molar-refractivity contribution in [3.05, 3.63) is 47.7 Å². The number of carbonyl (C=O) groups is 1. The molecule has 0 bridgehead atoms. The average Bonchev–Trinajstić information content (AvgIpc) is 2.71. The van der Waals surface area contributed by atoms with Crippen LogP contribution in [0.4, 0.5) is 5.82 Å². The molecule has 6 heteroatoms. The van der Waals surface area contributed by atoms with Crippen LogP contribution in [-0.2, 0) is 11.3 Å². The van der Waals surface area contributed by atoms with Gasteiger partial charge in [-0.05, 0) is 48.8 Å². The van der Waals surface area contributed by atoms with E-state index in [1.165, 1.54) is 5.56 Å². The summed E-state index contributed by atoms with van der Waals surface area (Å²) in [5, 5.41) is 3.16. The standard InChI is InChI=1S/C25H32N4O2/c1-17-2-8-21(9-3-17)28-24(30)22-10-20(11-27-23(22)26)19-6-4-18(5-7-19)12-29-13-25(14-29)15-31-16-25/h4-7,10-11,17,21H,2-3,8-9,12-16H2,1H3,(H2,26,27)(H,28,30). The van der Waals surface area contributed by atoms with Crippen molar-refractivity contribution in [2.24, 2.45) is 11.3 Å². The molecule has 31 heavy (non-hydrogen) atoms. The molecular weight excluding hydrogens is 388 g/mol. The van der Waals surface area contributed by atoms with E-state index < -0.39 is 0 Å². The molecule has 0 radical (unpaired) electrons. The molecule has 2 aromatic rings. The lowest BCUT2D eigenvalue weighted by molar-refractivity contribution is -0.191. The summed E-state index contributed by atoms with van der Waals surface area (Å²) < 4.78 is 5.35. The van der Waals surface area contributed by atoms with E-state index in [0.717, 1.165) is 75.6 Å². The first-order valence-corrected chi connectivity index (χ1v) is 11.5. The van der Waals surface area contributed by atoms with Crippen LogP contribution in [0, 0.1) is 11.3 Å². The van der Waals surface area contributed by atoms with Gasteiger partial charge in [-0.15, -0.1) is 0 Å². The number of nitrogens with two attached hydrogens (primary N) is 1. The lowest BCUT2D eigenvalue weighted by atomic mass is 9.78. The number of likely N-dealkylation sites (tertiary alicyclic amines) is 1. The fourth-order valence-corrected chi connectivity index (χ4v) is 5.13. The number of anilines is 1. The highest BCUT2D eigenvalue weighted by atomic mass is 16.5. The molecule has 1 spiro atoms. The minimum atomic E-state index is -0.116. The van der Waals surface area contributed by atoms with E-state index in [1.54, 1.807) is 6.20 Å². The van der Waals surface area contributed by atoms with Crippen LogP contribution >= 0.6 is 0 Å². The first kappa shape index (κ1) is 20.5. The van der Waals surface area contributed by atoms with E-state index in [1.807, 2.05) is 6.07 Å². The number of nitrogens with zero attached hydrogens (tertiary/aromatic N) is 2. The molecule has 1 aromatic heterocycles. The van der Waals surface area contributed by atoms with Gasteiger partial charge in [-0.2, -0.15) is 0 Å². The zero-order valence-electron chi connectivity index (χ0n) is 18.3. The molecule has 5 rings (SSSR count). The van der Waals surface area contributed by atoms with Crippen molar-refractivity contribution in [3.8, 4) is 11.1 Å². The summed E-state index contributed by atoms with van der Waals surface area (Å²) in [4.78, 5) is 19.6. The van der Waals surface area contributed by atoms with E-state index in [-0.39, 0.29) is 17.8 Å². The Hall–Kier alpha value is -2.44. The monoisotopic (exact) mass is 420 g/mol. The number of hydrogen-bond donors (Lipinski definition) is 2. The van der Waals surface area contributed by atoms with E-state index in [9.17, 15) is 4.79 Å². The zero-order chi connectivity index (χ0) is 21.4. The van der Waals surface area contributed by atoms with Gasteiger partial charge in [0.2, 0.25) is 0 Å². The lowest BCUT2D eigenvalue weighted by Crippen LogP contribution is -2.65. The van der Waals surface area contributed by atoms with E-state index in [4.69, 9.17) is 10.5 Å². The number of hydrogen-bond acceptors (Lipinski definition) is 5. The Bertz CT molecular complexity index is 938. The molecule has 1 aliphatic carbocycles. The largest absolute Gasteiger partial charge is 0.383 e. The molecule has 3 heterocycles. The van der Waals surface area contributed by atoms with Crippen molar-refractivity contribution in [2.75, 3.05) is 32.0 Å². The molecule has 3 N–H and O–H groups in total. The highest BCUT2D eigenvalue weighted by Gasteiger charge is 2.48. The summed E-state index contributed by atoms with van der Waals surface area (Å²) in [6.07, 6.45) is 6.15. The van der Waals surface area contributed by atoms with Crippen LogP contribution in [0.25, 0.3) is 11.1 Å². The quantitative estimate of drug-likeness (QED) is 0.774. The predicted octanol–water partition coefficient (Wildman–Crippen LogP) is 3.47. The topological polar surface area (TPSA) is 80.5 Å². The SMILES string of the molecule is CC1CCC(NC(=O)c2cc(-c3ccc(CN4CC5(COC5)C4)cc3)cnc2N)CC1. The van der Waals surface area contributed by atoms with Gasteiger partial charge >= 0.3 is 0 Å². The van der Waals surface area contributed by atoms with Gasteiger partial charge < -0.3 is 15.8 Å². The molecular formula is C25H32N4O2. The smallest absolute Gasteiger partial charge is 0.255 e. The second-order valence-corrected chi connectivity index (χ2v) is 9.92. The van der Waals surface area contributed by atoms with Crippen LogP contribution in [0.3, 0.4) is 0 Å². The predicted molar refractivity (Wildman–Crippen MR) is 122 cm³/mol. The van der Waals surface area contributed by atoms with Crippen LogP contribution in [-0.4, -0.2) is 48.1 Å². The van der Waals surface area contributed by atoms with Gasteiger partial charge in [0.25, 0.3) is 5.91 Å². The molecule has 3 aliphatic rings. The first-order valence-electron chi connectivity index (χ1n) is 11.5. The number of nitrogens with one attached hydrogen (secondary N) is 1. The van der Waals surface area contributed by atoms with Crippen LogP contribution in [0.1, 0.15) is 48.5 Å². The minimum Gasteiger partial charge on any atom is -0.383 e. The normalized spacial score (nSPS) is 24.9. The molecule has 6 nitrogen and oxygen atoms in total. The Morgan fingerprint density at radius 1 is 1.16 bits per heavy atom. The number of benzene rings is 1. The fraction of sp³-hybridized carbons (Fsp3) is 0.520. The van der Waals surface area contributed by atoms with Crippen molar-refractivity contribution in [1.82, 2.24) is 15.2 Å². The summed E-state index contributed by atoms with van der Waals surface area (Å²) >= 11 is 0. The number of nitrogen functional groups attached to an aromatic ring is 1. The third kappa shape index (κ3) is 4.32. The summed E-state index contributed by atoms with van der Waals surface area (Å²) in [7, 11) is 0. The van der Waals surface area contributed by atoms with Gasteiger partial charge in [-0.25, -0.2) is 4.98 Å². The van der Waals surface area contributed by atoms with E-state index >= 15 is 0 Å². The van der Waals surface area contributed by atoms with Crippen LogP contribution in [0.15, 0.2) is 36.5 Å². The Morgan fingerprint density at radius 2 is 1.87 bits per heavy atom. The molecule has 0 unspecified atom stereocenters. The molecule has 0 atom stereocenters. The molecule has 1 saturated carbocycles. The second kappa shape index (κ2) is 8.24. The number of pyridine rings is 1. The molecule has 164 valence electrons. The number of amides is 1. The molecule has 1 aromatic carbocycles. The zero-order valence-corrected chi connectivity index (χ0v) is 18.3. The maximum Gasteiger partial charge on any atom is 0.255 e. The third-order valence-corrected chi connectivity index (χ3v) is 7.14. The van der Waals surface area contributed by atoms with Crippen molar-refractivity contribution in [3.63, 3.8) is 0 Å². The fourth-order valence-electron chi connectivity index (χ4n) is 5.13. The van der Waals surface area contributed by atoms with Crippen molar-refractivity contribution in [1.29, 1.82) is 0 Å². The second-order valence-electron chi connectivity index (χ2n) is 9.92. The van der Waals surface area contributed by atoms with Gasteiger partial charge in [0.15, 0.2) is 0 Å². The molecule has 1 amide bonds. The highest BCUT2D eigenvalue weighted by molar-refractivity contribution is 5.99. The van der Waals surface area contributed by atoms with Gasteiger partial charge in [0, 0.05) is 42.9 Å². The average molecular weight is 421 g/mol. The number of carbonyl (C=O) groups excluding carboxylic acids is 1. The molecule has 2 saturated heterocycles.